The fourth-order valence-corrected chi connectivity index (χ4v) is 3.37. The van der Waals surface area contributed by atoms with Crippen LogP contribution in [0.4, 0.5) is 4.39 Å². The van der Waals surface area contributed by atoms with Gasteiger partial charge < -0.3 is 10.2 Å². The summed E-state index contributed by atoms with van der Waals surface area (Å²) in [5.74, 6) is -0.159. The summed E-state index contributed by atoms with van der Waals surface area (Å²) in [7, 11) is 2.25. The van der Waals surface area contributed by atoms with Crippen LogP contribution in [0.25, 0.3) is 0 Å². The smallest absolute Gasteiger partial charge is 0.123 e. The number of nitrogens with one attached hydrogen (secondary N) is 1. The van der Waals surface area contributed by atoms with Gasteiger partial charge in [0.05, 0.1) is 0 Å². The summed E-state index contributed by atoms with van der Waals surface area (Å²) in [6.45, 7) is 4.16. The topological polar surface area (TPSA) is 15.3 Å². The molecule has 0 bridgehead atoms. The molecule has 2 rings (SSSR count). The van der Waals surface area contributed by atoms with Gasteiger partial charge in [-0.05, 0) is 57.1 Å². The van der Waals surface area contributed by atoms with Gasteiger partial charge in [-0.25, -0.2) is 4.39 Å². The minimum absolute atomic E-state index is 0.159. The molecule has 0 aromatic heterocycles. The maximum absolute atomic E-state index is 13.1. The molecule has 3 heteroatoms. The third-order valence-electron chi connectivity index (χ3n) is 4.69. The molecule has 1 aliphatic carbocycles. The predicted molar refractivity (Wildman–Crippen MR) is 86.9 cm³/mol. The third-order valence-corrected chi connectivity index (χ3v) is 4.69. The van der Waals surface area contributed by atoms with E-state index in [-0.39, 0.29) is 5.82 Å². The van der Waals surface area contributed by atoms with Crippen LogP contribution < -0.4 is 5.32 Å². The molecule has 0 spiro atoms. The summed E-state index contributed by atoms with van der Waals surface area (Å²) >= 11 is 0. The number of nitrogens with zero attached hydrogens (tertiary/aromatic N) is 1. The Labute approximate surface area is 128 Å². The fraction of sp³-hybridized carbons (Fsp3) is 0.667. The highest BCUT2D eigenvalue weighted by Gasteiger charge is 2.19. The SMILES string of the molecule is CCNC(CCN(C)C1CCCCC1)c1ccc(F)cc1. The maximum Gasteiger partial charge on any atom is 0.123 e. The lowest BCUT2D eigenvalue weighted by Gasteiger charge is -2.32. The number of benzene rings is 1. The van der Waals surface area contributed by atoms with Crippen LogP contribution in [0.1, 0.15) is 57.1 Å². The van der Waals surface area contributed by atoms with Crippen molar-refractivity contribution in [2.45, 2.75) is 57.5 Å². The third kappa shape index (κ3) is 5.08. The summed E-state index contributed by atoms with van der Waals surface area (Å²) < 4.78 is 13.1. The monoisotopic (exact) mass is 292 g/mol. The normalized spacial score (nSPS) is 18.1. The summed E-state index contributed by atoms with van der Waals surface area (Å²) in [5, 5.41) is 3.53. The fourth-order valence-electron chi connectivity index (χ4n) is 3.37. The predicted octanol–water partition coefficient (Wildman–Crippen LogP) is 4.13. The first-order valence-corrected chi connectivity index (χ1v) is 8.39. The van der Waals surface area contributed by atoms with E-state index in [4.69, 9.17) is 0 Å². The molecule has 1 saturated carbocycles. The highest BCUT2D eigenvalue weighted by Crippen LogP contribution is 2.23. The van der Waals surface area contributed by atoms with Crippen molar-refractivity contribution >= 4 is 0 Å². The molecule has 1 aliphatic rings. The molecule has 1 atom stereocenters. The van der Waals surface area contributed by atoms with Crippen LogP contribution in [0, 0.1) is 5.82 Å². The number of halogens is 1. The van der Waals surface area contributed by atoms with Crippen molar-refractivity contribution in [1.29, 1.82) is 0 Å². The van der Waals surface area contributed by atoms with Crippen molar-refractivity contribution in [3.63, 3.8) is 0 Å². The van der Waals surface area contributed by atoms with Gasteiger partial charge >= 0.3 is 0 Å². The van der Waals surface area contributed by atoms with Crippen LogP contribution >= 0.6 is 0 Å². The van der Waals surface area contributed by atoms with E-state index in [9.17, 15) is 4.39 Å². The lowest BCUT2D eigenvalue weighted by Crippen LogP contribution is -2.36. The Balaban J connectivity index is 1.88. The summed E-state index contributed by atoms with van der Waals surface area (Å²) in [4.78, 5) is 2.52. The average Bonchev–Trinajstić information content (AvgIpc) is 2.53. The van der Waals surface area contributed by atoms with Gasteiger partial charge in [0.1, 0.15) is 5.82 Å². The van der Waals surface area contributed by atoms with E-state index < -0.39 is 0 Å². The van der Waals surface area contributed by atoms with Gasteiger partial charge in [0, 0.05) is 12.1 Å². The first-order chi connectivity index (χ1) is 10.2. The van der Waals surface area contributed by atoms with Crippen LogP contribution in [0.2, 0.25) is 0 Å². The molecule has 0 amide bonds. The average molecular weight is 292 g/mol. The van der Waals surface area contributed by atoms with Gasteiger partial charge in [0.15, 0.2) is 0 Å². The Bertz CT molecular complexity index is 398. The molecule has 1 N–H and O–H groups in total. The van der Waals surface area contributed by atoms with E-state index in [1.54, 1.807) is 12.1 Å². The minimum atomic E-state index is -0.159. The molecule has 2 nitrogen and oxygen atoms in total. The largest absolute Gasteiger partial charge is 0.310 e. The zero-order valence-corrected chi connectivity index (χ0v) is 13.4. The highest BCUT2D eigenvalue weighted by atomic mass is 19.1. The van der Waals surface area contributed by atoms with Gasteiger partial charge in [-0.1, -0.05) is 38.3 Å². The molecule has 0 saturated heterocycles. The highest BCUT2D eigenvalue weighted by molar-refractivity contribution is 5.19. The molecule has 1 unspecified atom stereocenters. The van der Waals surface area contributed by atoms with Crippen molar-refractivity contribution in [3.8, 4) is 0 Å². The van der Waals surface area contributed by atoms with E-state index in [0.717, 1.165) is 25.6 Å². The first-order valence-electron chi connectivity index (χ1n) is 8.39. The van der Waals surface area contributed by atoms with Crippen molar-refractivity contribution in [2.75, 3.05) is 20.1 Å². The molecule has 1 aromatic rings. The second-order valence-electron chi connectivity index (χ2n) is 6.22. The molecule has 0 heterocycles. The van der Waals surface area contributed by atoms with Crippen molar-refractivity contribution in [3.05, 3.63) is 35.6 Å². The van der Waals surface area contributed by atoms with Crippen molar-refractivity contribution < 1.29 is 4.39 Å². The zero-order chi connectivity index (χ0) is 15.1. The van der Waals surface area contributed by atoms with Crippen LogP contribution in [-0.4, -0.2) is 31.1 Å². The Morgan fingerprint density at radius 1 is 1.19 bits per heavy atom. The zero-order valence-electron chi connectivity index (χ0n) is 13.4. The van der Waals surface area contributed by atoms with E-state index in [1.165, 1.54) is 37.7 Å². The first kappa shape index (κ1) is 16.4. The van der Waals surface area contributed by atoms with Gasteiger partial charge in [0.2, 0.25) is 0 Å². The van der Waals surface area contributed by atoms with E-state index in [2.05, 4.69) is 24.2 Å². The second-order valence-corrected chi connectivity index (χ2v) is 6.22. The molecule has 0 aliphatic heterocycles. The van der Waals surface area contributed by atoms with Gasteiger partial charge in [0.25, 0.3) is 0 Å². The molecule has 0 radical (unpaired) electrons. The molecule has 118 valence electrons. The van der Waals surface area contributed by atoms with Crippen molar-refractivity contribution in [1.82, 2.24) is 10.2 Å². The molecule has 1 fully saturated rings. The molecule has 1 aromatic carbocycles. The number of hydrogen-bond donors (Lipinski definition) is 1. The van der Waals surface area contributed by atoms with Crippen LogP contribution in [0.3, 0.4) is 0 Å². The minimum Gasteiger partial charge on any atom is -0.310 e. The number of rotatable bonds is 7. The Morgan fingerprint density at radius 2 is 1.86 bits per heavy atom. The van der Waals surface area contributed by atoms with Gasteiger partial charge in [-0.2, -0.15) is 0 Å². The van der Waals surface area contributed by atoms with Crippen LogP contribution in [0.5, 0.6) is 0 Å². The quantitative estimate of drug-likeness (QED) is 0.813. The Kier molecular flexibility index (Phi) is 6.65. The van der Waals surface area contributed by atoms with Crippen LogP contribution in [-0.2, 0) is 0 Å². The molecule has 21 heavy (non-hydrogen) atoms. The van der Waals surface area contributed by atoms with Gasteiger partial charge in [-0.3, -0.25) is 0 Å². The lowest BCUT2D eigenvalue weighted by atomic mass is 9.94. The Hall–Kier alpha value is -0.930. The standard InChI is InChI=1S/C18H29FN2/c1-3-20-18(15-9-11-16(19)12-10-15)13-14-21(2)17-7-5-4-6-8-17/h9-12,17-18,20H,3-8,13-14H2,1-2H3. The summed E-state index contributed by atoms with van der Waals surface area (Å²) in [5.41, 5.74) is 1.19. The van der Waals surface area contributed by atoms with Crippen molar-refractivity contribution in [2.24, 2.45) is 0 Å². The maximum atomic E-state index is 13.1. The molecular weight excluding hydrogens is 263 g/mol. The van der Waals surface area contributed by atoms with E-state index in [0.29, 0.717) is 6.04 Å². The lowest BCUT2D eigenvalue weighted by molar-refractivity contribution is 0.183. The molecular formula is C18H29FN2. The van der Waals surface area contributed by atoms with Gasteiger partial charge in [-0.15, -0.1) is 0 Å². The van der Waals surface area contributed by atoms with E-state index >= 15 is 0 Å². The summed E-state index contributed by atoms with van der Waals surface area (Å²) in [6.07, 6.45) is 7.93. The number of hydrogen-bond acceptors (Lipinski definition) is 2. The summed E-state index contributed by atoms with van der Waals surface area (Å²) in [6, 6.07) is 8.01. The second kappa shape index (κ2) is 8.50. The Morgan fingerprint density at radius 3 is 2.48 bits per heavy atom. The van der Waals surface area contributed by atoms with Crippen LogP contribution in [0.15, 0.2) is 24.3 Å². The van der Waals surface area contributed by atoms with E-state index in [1.807, 2.05) is 12.1 Å².